The molecule has 132 valence electrons. The van der Waals surface area contributed by atoms with Crippen molar-refractivity contribution in [3.8, 4) is 10.6 Å². The van der Waals surface area contributed by atoms with Gasteiger partial charge in [0.05, 0.1) is 10.6 Å². The number of allylic oxidation sites excluding steroid dienone is 1. The number of hydrogen-bond acceptors (Lipinski definition) is 5. The zero-order valence-corrected chi connectivity index (χ0v) is 16.1. The van der Waals surface area contributed by atoms with Crippen molar-refractivity contribution in [2.24, 2.45) is 0 Å². The van der Waals surface area contributed by atoms with Crippen molar-refractivity contribution in [1.82, 2.24) is 4.98 Å². The summed E-state index contributed by atoms with van der Waals surface area (Å²) in [7, 11) is -3.27. The summed E-state index contributed by atoms with van der Waals surface area (Å²) in [5, 5.41) is 3.37. The number of thiazole rings is 1. The fourth-order valence-corrected chi connectivity index (χ4v) is 3.76. The highest BCUT2D eigenvalue weighted by Crippen LogP contribution is 2.25. The lowest BCUT2D eigenvalue weighted by molar-refractivity contribution is 0.104. The molecule has 0 atom stereocenters. The topological polar surface area (TPSA) is 64.1 Å². The monoisotopic (exact) mass is 403 g/mol. The molecule has 4 nitrogen and oxygen atoms in total. The Bertz CT molecular complexity index is 1070. The molecule has 0 aliphatic carbocycles. The zero-order chi connectivity index (χ0) is 18.7. The molecule has 0 spiro atoms. The average Bonchev–Trinajstić information content (AvgIpc) is 3.08. The molecule has 0 aliphatic rings. The van der Waals surface area contributed by atoms with Crippen molar-refractivity contribution in [3.63, 3.8) is 0 Å². The van der Waals surface area contributed by atoms with Gasteiger partial charge in [0.25, 0.3) is 0 Å². The quantitative estimate of drug-likeness (QED) is 0.455. The first-order chi connectivity index (χ1) is 12.3. The van der Waals surface area contributed by atoms with Gasteiger partial charge in [0.15, 0.2) is 15.6 Å². The fourth-order valence-electron chi connectivity index (χ4n) is 2.21. The van der Waals surface area contributed by atoms with E-state index in [0.717, 1.165) is 16.8 Å². The van der Waals surface area contributed by atoms with Gasteiger partial charge < -0.3 is 0 Å². The number of nitrogens with zero attached hydrogens (tertiary/aromatic N) is 1. The Labute approximate surface area is 160 Å². The first-order valence-corrected chi connectivity index (χ1v) is 10.7. The number of benzene rings is 2. The molecule has 2 aromatic carbocycles. The average molecular weight is 404 g/mol. The van der Waals surface area contributed by atoms with E-state index in [0.29, 0.717) is 16.3 Å². The summed E-state index contributed by atoms with van der Waals surface area (Å²) in [6.07, 6.45) is 4.20. The van der Waals surface area contributed by atoms with Crippen LogP contribution >= 0.6 is 22.9 Å². The van der Waals surface area contributed by atoms with E-state index in [1.165, 1.54) is 41.7 Å². The van der Waals surface area contributed by atoms with Gasteiger partial charge in [0.1, 0.15) is 5.01 Å². The predicted molar refractivity (Wildman–Crippen MR) is 105 cm³/mol. The van der Waals surface area contributed by atoms with Crippen molar-refractivity contribution < 1.29 is 13.2 Å². The van der Waals surface area contributed by atoms with Crippen molar-refractivity contribution >= 4 is 44.6 Å². The van der Waals surface area contributed by atoms with Crippen LogP contribution in [0.4, 0.5) is 0 Å². The number of carbonyl (C=O) groups is 1. The fraction of sp³-hybridized carbons (Fsp3) is 0.0526. The van der Waals surface area contributed by atoms with Gasteiger partial charge in [0, 0.05) is 27.8 Å². The van der Waals surface area contributed by atoms with E-state index in [4.69, 9.17) is 11.6 Å². The molecular weight excluding hydrogens is 390 g/mol. The molecule has 0 radical (unpaired) electrons. The van der Waals surface area contributed by atoms with Crippen LogP contribution in [0.25, 0.3) is 16.6 Å². The van der Waals surface area contributed by atoms with E-state index < -0.39 is 9.84 Å². The smallest absolute Gasteiger partial charge is 0.185 e. The SMILES string of the molecule is CS(=O)(=O)c1ccc(C(=O)/C=C/c2csc(-c3ccc(Cl)cc3)n2)cc1. The molecule has 0 amide bonds. The summed E-state index contributed by atoms with van der Waals surface area (Å²) in [5.74, 6) is -0.217. The molecule has 0 saturated heterocycles. The maximum atomic E-state index is 12.2. The molecule has 26 heavy (non-hydrogen) atoms. The molecule has 0 saturated carbocycles. The molecule has 1 heterocycles. The van der Waals surface area contributed by atoms with Crippen LogP contribution in [-0.2, 0) is 9.84 Å². The van der Waals surface area contributed by atoms with Crippen molar-refractivity contribution in [1.29, 1.82) is 0 Å². The Morgan fingerprint density at radius 2 is 1.73 bits per heavy atom. The number of ketones is 1. The van der Waals surface area contributed by atoms with Gasteiger partial charge in [-0.3, -0.25) is 4.79 Å². The molecule has 1 aromatic heterocycles. The summed E-state index contributed by atoms with van der Waals surface area (Å²) in [6.45, 7) is 0. The molecule has 3 rings (SSSR count). The van der Waals surface area contributed by atoms with E-state index in [-0.39, 0.29) is 10.7 Å². The first-order valence-electron chi connectivity index (χ1n) is 7.57. The molecule has 0 N–H and O–H groups in total. The third-order valence-electron chi connectivity index (χ3n) is 3.59. The summed E-state index contributed by atoms with van der Waals surface area (Å²) in [4.78, 5) is 16.9. The lowest BCUT2D eigenvalue weighted by atomic mass is 10.1. The minimum absolute atomic E-state index is 0.185. The van der Waals surface area contributed by atoms with Crippen LogP contribution in [0, 0.1) is 0 Å². The second-order valence-electron chi connectivity index (χ2n) is 5.58. The second kappa shape index (κ2) is 7.53. The Hall–Kier alpha value is -2.28. The molecule has 0 aliphatic heterocycles. The first kappa shape index (κ1) is 18.5. The summed E-state index contributed by atoms with van der Waals surface area (Å²) >= 11 is 7.36. The maximum Gasteiger partial charge on any atom is 0.185 e. The highest BCUT2D eigenvalue weighted by Gasteiger charge is 2.09. The van der Waals surface area contributed by atoms with E-state index in [1.54, 1.807) is 18.2 Å². The normalized spacial score (nSPS) is 11.8. The third-order valence-corrected chi connectivity index (χ3v) is 5.88. The molecular formula is C19H14ClNO3S2. The highest BCUT2D eigenvalue weighted by atomic mass is 35.5. The Morgan fingerprint density at radius 1 is 1.08 bits per heavy atom. The van der Waals surface area contributed by atoms with E-state index in [9.17, 15) is 13.2 Å². The molecule has 0 fully saturated rings. The van der Waals surface area contributed by atoms with Crippen molar-refractivity contribution in [2.75, 3.05) is 6.26 Å². The summed E-state index contributed by atoms with van der Waals surface area (Å²) in [6, 6.07) is 13.3. The zero-order valence-electron chi connectivity index (χ0n) is 13.7. The number of halogens is 1. The standard InChI is InChI=1S/C19H14ClNO3S2/c1-26(23,24)17-9-4-13(5-10-17)18(22)11-8-16-12-25-19(21-16)14-2-6-15(20)7-3-14/h2-12H,1H3/b11-8+. The van der Waals surface area contributed by atoms with Gasteiger partial charge in [-0.15, -0.1) is 11.3 Å². The Kier molecular flexibility index (Phi) is 5.36. The molecule has 0 unspecified atom stereocenters. The maximum absolute atomic E-state index is 12.2. The van der Waals surface area contributed by atoms with Crippen molar-refractivity contribution in [3.05, 3.63) is 76.3 Å². The van der Waals surface area contributed by atoms with Gasteiger partial charge in [-0.25, -0.2) is 13.4 Å². The van der Waals surface area contributed by atoms with Crippen LogP contribution in [0.1, 0.15) is 16.1 Å². The minimum Gasteiger partial charge on any atom is -0.289 e. The number of hydrogen-bond donors (Lipinski definition) is 0. The van der Waals surface area contributed by atoms with E-state index >= 15 is 0 Å². The Balaban J connectivity index is 1.73. The van der Waals surface area contributed by atoms with Gasteiger partial charge in [-0.1, -0.05) is 23.7 Å². The highest BCUT2D eigenvalue weighted by molar-refractivity contribution is 7.90. The van der Waals surface area contributed by atoms with Crippen molar-refractivity contribution in [2.45, 2.75) is 4.90 Å². The second-order valence-corrected chi connectivity index (χ2v) is 8.89. The van der Waals surface area contributed by atoms with Crippen LogP contribution in [-0.4, -0.2) is 25.4 Å². The van der Waals surface area contributed by atoms with Gasteiger partial charge in [-0.2, -0.15) is 0 Å². The van der Waals surface area contributed by atoms with Crippen LogP contribution in [0.2, 0.25) is 5.02 Å². The number of rotatable bonds is 5. The summed E-state index contributed by atoms with van der Waals surface area (Å²) in [5.41, 5.74) is 2.06. The van der Waals surface area contributed by atoms with Gasteiger partial charge in [-0.05, 0) is 48.6 Å². The Morgan fingerprint density at radius 3 is 2.35 bits per heavy atom. The van der Waals surface area contributed by atoms with E-state index in [2.05, 4.69) is 4.98 Å². The lowest BCUT2D eigenvalue weighted by Crippen LogP contribution is -1.99. The van der Waals surface area contributed by atoms with Crippen LogP contribution in [0.15, 0.2) is 64.9 Å². The number of carbonyl (C=O) groups excluding carboxylic acids is 1. The number of aromatic nitrogens is 1. The molecule has 3 aromatic rings. The predicted octanol–water partition coefficient (Wildman–Crippen LogP) is 4.76. The van der Waals surface area contributed by atoms with E-state index in [1.807, 2.05) is 17.5 Å². The lowest BCUT2D eigenvalue weighted by Gasteiger charge is -1.99. The van der Waals surface area contributed by atoms with Gasteiger partial charge in [0.2, 0.25) is 0 Å². The third kappa shape index (κ3) is 4.46. The minimum atomic E-state index is -3.27. The van der Waals surface area contributed by atoms with Crippen LogP contribution in [0.5, 0.6) is 0 Å². The summed E-state index contributed by atoms with van der Waals surface area (Å²) < 4.78 is 22.9. The van der Waals surface area contributed by atoms with Crippen LogP contribution < -0.4 is 0 Å². The number of sulfone groups is 1. The molecule has 0 bridgehead atoms. The largest absolute Gasteiger partial charge is 0.289 e. The molecule has 7 heteroatoms. The van der Waals surface area contributed by atoms with Gasteiger partial charge >= 0.3 is 0 Å². The van der Waals surface area contributed by atoms with Crippen LogP contribution in [0.3, 0.4) is 0 Å².